The lowest BCUT2D eigenvalue weighted by molar-refractivity contribution is 0.0719. The number of thiophene rings is 1. The number of fused-ring (bicyclic) bond motifs is 1. The lowest BCUT2D eigenvalue weighted by Crippen LogP contribution is -2.30. The fourth-order valence-electron chi connectivity index (χ4n) is 2.10. The van der Waals surface area contributed by atoms with E-state index in [1.165, 1.54) is 0 Å². The summed E-state index contributed by atoms with van der Waals surface area (Å²) in [5, 5.41) is 18.7. The van der Waals surface area contributed by atoms with Gasteiger partial charge in [0.1, 0.15) is 11.4 Å². The highest BCUT2D eigenvalue weighted by atomic mass is 32.1. The smallest absolute Gasteiger partial charge is 0.126 e. The second kappa shape index (κ2) is 5.23. The molecule has 1 unspecified atom stereocenters. The molecule has 0 amide bonds. The van der Waals surface area contributed by atoms with Crippen LogP contribution in [0.1, 0.15) is 12.5 Å². The Hall–Kier alpha value is -1.91. The average molecular weight is 284 g/mol. The molecule has 102 valence electrons. The molecular formula is C16H16N2OS. The van der Waals surface area contributed by atoms with Gasteiger partial charge in [0.15, 0.2) is 0 Å². The average Bonchev–Trinajstić information content (AvgIpc) is 3.00. The number of hydrogen-bond acceptors (Lipinski definition) is 4. The molecule has 0 aliphatic carbocycles. The van der Waals surface area contributed by atoms with Crippen molar-refractivity contribution in [2.75, 3.05) is 11.9 Å². The molecule has 0 fully saturated rings. The molecule has 2 N–H and O–H groups in total. The van der Waals surface area contributed by atoms with E-state index >= 15 is 0 Å². The second-order valence-electron chi connectivity index (χ2n) is 5.03. The molecule has 3 rings (SSSR count). The summed E-state index contributed by atoms with van der Waals surface area (Å²) >= 11 is 1.59. The molecule has 1 aromatic carbocycles. The number of benzene rings is 1. The van der Waals surface area contributed by atoms with Crippen LogP contribution in [-0.2, 0) is 5.60 Å². The normalized spacial score (nSPS) is 14.1. The zero-order chi connectivity index (χ0) is 14.0. The van der Waals surface area contributed by atoms with Gasteiger partial charge >= 0.3 is 0 Å². The molecule has 0 saturated carbocycles. The number of aliphatic hydroxyl groups is 1. The van der Waals surface area contributed by atoms with Crippen LogP contribution < -0.4 is 5.32 Å². The first-order chi connectivity index (χ1) is 9.65. The van der Waals surface area contributed by atoms with E-state index in [-0.39, 0.29) is 0 Å². The highest BCUT2D eigenvalue weighted by molar-refractivity contribution is 7.08. The Balaban J connectivity index is 1.77. The van der Waals surface area contributed by atoms with E-state index in [0.29, 0.717) is 6.54 Å². The summed E-state index contributed by atoms with van der Waals surface area (Å²) in [6.45, 7) is 2.23. The molecule has 3 nitrogen and oxygen atoms in total. The SMILES string of the molecule is CC(O)(CNc1ccc2ccccc2n1)c1ccsc1. The van der Waals surface area contributed by atoms with Gasteiger partial charge in [0.25, 0.3) is 0 Å². The summed E-state index contributed by atoms with van der Waals surface area (Å²) in [7, 11) is 0. The number of nitrogens with one attached hydrogen (secondary N) is 1. The molecule has 0 spiro atoms. The van der Waals surface area contributed by atoms with Crippen LogP contribution in [0.4, 0.5) is 5.82 Å². The first kappa shape index (κ1) is 13.1. The molecule has 2 aromatic heterocycles. The largest absolute Gasteiger partial charge is 0.384 e. The first-order valence-electron chi connectivity index (χ1n) is 6.50. The summed E-state index contributed by atoms with van der Waals surface area (Å²) in [4.78, 5) is 4.54. The molecule has 0 radical (unpaired) electrons. The van der Waals surface area contributed by atoms with Gasteiger partial charge in [-0.15, -0.1) is 0 Å². The number of aromatic nitrogens is 1. The topological polar surface area (TPSA) is 45.1 Å². The van der Waals surface area contributed by atoms with E-state index in [9.17, 15) is 5.11 Å². The summed E-state index contributed by atoms with van der Waals surface area (Å²) in [5.74, 6) is 0.777. The lowest BCUT2D eigenvalue weighted by atomic mass is 9.99. The Labute approximate surface area is 121 Å². The minimum absolute atomic E-state index is 0.426. The molecule has 4 heteroatoms. The van der Waals surface area contributed by atoms with Crippen molar-refractivity contribution in [1.82, 2.24) is 4.98 Å². The highest BCUT2D eigenvalue weighted by Crippen LogP contribution is 2.23. The number of nitrogens with zero attached hydrogens (tertiary/aromatic N) is 1. The first-order valence-corrected chi connectivity index (χ1v) is 7.44. The highest BCUT2D eigenvalue weighted by Gasteiger charge is 2.23. The van der Waals surface area contributed by atoms with Crippen LogP contribution in [0.3, 0.4) is 0 Å². The van der Waals surface area contributed by atoms with Crippen LogP contribution in [0.2, 0.25) is 0 Å². The summed E-state index contributed by atoms with van der Waals surface area (Å²) < 4.78 is 0. The fraction of sp³-hybridized carbons (Fsp3) is 0.188. The summed E-state index contributed by atoms with van der Waals surface area (Å²) in [6.07, 6.45) is 0. The van der Waals surface area contributed by atoms with Crippen molar-refractivity contribution < 1.29 is 5.11 Å². The van der Waals surface area contributed by atoms with Gasteiger partial charge in [-0.3, -0.25) is 0 Å². The minimum atomic E-state index is -0.896. The number of hydrogen-bond donors (Lipinski definition) is 2. The van der Waals surface area contributed by atoms with E-state index in [1.807, 2.05) is 60.1 Å². The second-order valence-corrected chi connectivity index (χ2v) is 5.81. The van der Waals surface area contributed by atoms with Gasteiger partial charge < -0.3 is 10.4 Å². The minimum Gasteiger partial charge on any atom is -0.384 e. The Morgan fingerprint density at radius 1 is 1.20 bits per heavy atom. The summed E-state index contributed by atoms with van der Waals surface area (Å²) in [5.41, 5.74) is 0.983. The van der Waals surface area contributed by atoms with Crippen molar-refractivity contribution in [1.29, 1.82) is 0 Å². The van der Waals surface area contributed by atoms with E-state index in [4.69, 9.17) is 0 Å². The third-order valence-corrected chi connectivity index (χ3v) is 4.04. The van der Waals surface area contributed by atoms with Gasteiger partial charge in [0.05, 0.1) is 5.52 Å². The predicted molar refractivity (Wildman–Crippen MR) is 84.1 cm³/mol. The predicted octanol–water partition coefficient (Wildman–Crippen LogP) is 3.62. The van der Waals surface area contributed by atoms with Gasteiger partial charge in [-0.2, -0.15) is 11.3 Å². The van der Waals surface area contributed by atoms with E-state index < -0.39 is 5.60 Å². The van der Waals surface area contributed by atoms with Crippen molar-refractivity contribution in [3.63, 3.8) is 0 Å². The van der Waals surface area contributed by atoms with Crippen LogP contribution in [0.15, 0.2) is 53.2 Å². The zero-order valence-electron chi connectivity index (χ0n) is 11.2. The molecule has 0 saturated heterocycles. The molecular weight excluding hydrogens is 268 g/mol. The van der Waals surface area contributed by atoms with Gasteiger partial charge in [-0.1, -0.05) is 18.2 Å². The molecule has 1 atom stereocenters. The zero-order valence-corrected chi connectivity index (χ0v) is 12.0. The third-order valence-electron chi connectivity index (χ3n) is 3.36. The van der Waals surface area contributed by atoms with Crippen molar-refractivity contribution in [2.24, 2.45) is 0 Å². The Morgan fingerprint density at radius 2 is 2.05 bits per heavy atom. The van der Waals surface area contributed by atoms with Crippen molar-refractivity contribution in [3.8, 4) is 0 Å². The molecule has 0 aliphatic rings. The van der Waals surface area contributed by atoms with E-state index in [0.717, 1.165) is 22.3 Å². The Bertz CT molecular complexity index is 707. The van der Waals surface area contributed by atoms with Gasteiger partial charge in [0.2, 0.25) is 0 Å². The van der Waals surface area contributed by atoms with E-state index in [1.54, 1.807) is 11.3 Å². The maximum atomic E-state index is 10.5. The Morgan fingerprint density at radius 3 is 2.85 bits per heavy atom. The van der Waals surface area contributed by atoms with Gasteiger partial charge in [-0.25, -0.2) is 4.98 Å². The third kappa shape index (κ3) is 2.66. The van der Waals surface area contributed by atoms with Crippen molar-refractivity contribution in [2.45, 2.75) is 12.5 Å². The van der Waals surface area contributed by atoms with E-state index in [2.05, 4.69) is 10.3 Å². The molecule has 2 heterocycles. The number of pyridine rings is 1. The molecule has 0 aliphatic heterocycles. The Kier molecular flexibility index (Phi) is 3.42. The fourth-order valence-corrected chi connectivity index (χ4v) is 2.88. The van der Waals surface area contributed by atoms with Gasteiger partial charge in [0, 0.05) is 11.9 Å². The van der Waals surface area contributed by atoms with Crippen LogP contribution in [-0.4, -0.2) is 16.6 Å². The summed E-state index contributed by atoms with van der Waals surface area (Å²) in [6, 6.07) is 13.9. The molecule has 0 bridgehead atoms. The van der Waals surface area contributed by atoms with Crippen LogP contribution in [0, 0.1) is 0 Å². The maximum Gasteiger partial charge on any atom is 0.126 e. The number of para-hydroxylation sites is 1. The van der Waals surface area contributed by atoms with Crippen molar-refractivity contribution in [3.05, 3.63) is 58.8 Å². The standard InChI is InChI=1S/C16H16N2OS/c1-16(19,13-8-9-20-10-13)11-17-15-7-6-12-4-2-3-5-14(12)18-15/h2-10,19H,11H2,1H3,(H,17,18). The molecule has 3 aromatic rings. The number of rotatable bonds is 4. The van der Waals surface area contributed by atoms with Crippen molar-refractivity contribution >= 4 is 28.1 Å². The molecule has 20 heavy (non-hydrogen) atoms. The lowest BCUT2D eigenvalue weighted by Gasteiger charge is -2.23. The monoisotopic (exact) mass is 284 g/mol. The van der Waals surface area contributed by atoms with Gasteiger partial charge in [-0.05, 0) is 47.5 Å². The van der Waals surface area contributed by atoms with Crippen LogP contribution in [0.25, 0.3) is 10.9 Å². The maximum absolute atomic E-state index is 10.5. The van der Waals surface area contributed by atoms with Crippen LogP contribution >= 0.6 is 11.3 Å². The number of anilines is 1. The van der Waals surface area contributed by atoms with Crippen LogP contribution in [0.5, 0.6) is 0 Å². The quantitative estimate of drug-likeness (QED) is 0.769.